The summed E-state index contributed by atoms with van der Waals surface area (Å²) in [6.07, 6.45) is 1.56. The van der Waals surface area contributed by atoms with Crippen LogP contribution in [0.1, 0.15) is 31.0 Å². The van der Waals surface area contributed by atoms with Crippen molar-refractivity contribution in [2.75, 3.05) is 13.7 Å². The van der Waals surface area contributed by atoms with Crippen molar-refractivity contribution in [3.63, 3.8) is 0 Å². The standard InChI is InChI=1S/C24H19Br2ClN2O5S/c1-4-34-23(32)19-11(2)28-24-29(20(19)12-5-6-17(33-3)15(26)8-12)22(31)18(35-24)9-13-7-14(25)10-16(27)21(13)30/h5-10,20,30H,4H2,1-3H3/b18-9+/t20-/m1/s1. The van der Waals surface area contributed by atoms with Crippen LogP contribution >= 0.6 is 54.8 Å². The summed E-state index contributed by atoms with van der Waals surface area (Å²) in [5.74, 6) is -0.0716. The number of aromatic nitrogens is 1. The van der Waals surface area contributed by atoms with Gasteiger partial charge in [-0.1, -0.05) is 44.9 Å². The van der Waals surface area contributed by atoms with Crippen LogP contribution in [-0.4, -0.2) is 29.4 Å². The lowest BCUT2D eigenvalue weighted by Crippen LogP contribution is -2.40. The van der Waals surface area contributed by atoms with E-state index in [1.807, 2.05) is 0 Å². The number of aromatic hydroxyl groups is 1. The zero-order valence-electron chi connectivity index (χ0n) is 18.8. The third-order valence-electron chi connectivity index (χ3n) is 5.35. The Morgan fingerprint density at radius 1 is 1.31 bits per heavy atom. The Morgan fingerprint density at radius 3 is 2.71 bits per heavy atom. The lowest BCUT2D eigenvalue weighted by Gasteiger charge is -2.25. The monoisotopic (exact) mass is 640 g/mol. The molecule has 3 aromatic rings. The number of nitrogens with zero attached hydrogens (tertiary/aromatic N) is 2. The molecule has 2 heterocycles. The van der Waals surface area contributed by atoms with E-state index < -0.39 is 12.0 Å². The minimum Gasteiger partial charge on any atom is -0.506 e. The molecule has 1 aromatic heterocycles. The number of esters is 1. The van der Waals surface area contributed by atoms with Crippen molar-refractivity contribution in [3.8, 4) is 11.5 Å². The van der Waals surface area contributed by atoms with Crippen molar-refractivity contribution in [3.05, 3.63) is 86.4 Å². The molecular formula is C24H19Br2ClN2O5S. The maximum Gasteiger partial charge on any atom is 0.338 e. The average Bonchev–Trinajstić information content (AvgIpc) is 3.10. The van der Waals surface area contributed by atoms with Gasteiger partial charge in [0.1, 0.15) is 11.5 Å². The number of phenolic OH excluding ortho intramolecular Hbond substituents is 1. The van der Waals surface area contributed by atoms with Crippen molar-refractivity contribution < 1.29 is 19.4 Å². The number of allylic oxidation sites excluding steroid dienone is 1. The molecule has 1 atom stereocenters. The Kier molecular flexibility index (Phi) is 7.56. The molecule has 4 rings (SSSR count). The van der Waals surface area contributed by atoms with E-state index in [1.165, 1.54) is 4.57 Å². The van der Waals surface area contributed by atoms with Crippen molar-refractivity contribution in [1.29, 1.82) is 0 Å². The first-order valence-corrected chi connectivity index (χ1v) is 13.1. The summed E-state index contributed by atoms with van der Waals surface area (Å²) >= 11 is 14.1. The van der Waals surface area contributed by atoms with Crippen LogP contribution in [0, 0.1) is 0 Å². The summed E-state index contributed by atoms with van der Waals surface area (Å²) in [7, 11) is 1.56. The van der Waals surface area contributed by atoms with Crippen LogP contribution in [0.15, 0.2) is 60.3 Å². The van der Waals surface area contributed by atoms with Gasteiger partial charge in [-0.2, -0.15) is 0 Å². The Balaban J connectivity index is 1.99. The molecular weight excluding hydrogens is 624 g/mol. The summed E-state index contributed by atoms with van der Waals surface area (Å²) < 4.78 is 13.8. The van der Waals surface area contributed by atoms with E-state index in [2.05, 4.69) is 36.9 Å². The number of carbonyl (C=O) groups excluding carboxylic acids is 1. The van der Waals surface area contributed by atoms with Gasteiger partial charge < -0.3 is 14.6 Å². The molecule has 0 spiro atoms. The summed E-state index contributed by atoms with van der Waals surface area (Å²) in [5.41, 5.74) is 1.42. The fourth-order valence-electron chi connectivity index (χ4n) is 3.80. The number of thiazole rings is 1. The number of hydrogen-bond acceptors (Lipinski definition) is 7. The molecule has 182 valence electrons. The molecule has 7 nitrogen and oxygen atoms in total. The maximum absolute atomic E-state index is 13.7. The highest BCUT2D eigenvalue weighted by molar-refractivity contribution is 9.10. The fourth-order valence-corrected chi connectivity index (χ4v) is 6.23. The number of halogens is 3. The number of hydrogen-bond donors (Lipinski definition) is 1. The number of carbonyl (C=O) groups is 1. The first kappa shape index (κ1) is 25.7. The van der Waals surface area contributed by atoms with E-state index in [0.717, 1.165) is 11.3 Å². The first-order valence-electron chi connectivity index (χ1n) is 10.4. The molecule has 1 N–H and O–H groups in total. The Labute approximate surface area is 226 Å². The third kappa shape index (κ3) is 4.84. The molecule has 0 fully saturated rings. The van der Waals surface area contributed by atoms with Gasteiger partial charge >= 0.3 is 5.97 Å². The fraction of sp³-hybridized carbons (Fsp3) is 0.208. The minimum absolute atomic E-state index is 0.139. The highest BCUT2D eigenvalue weighted by Gasteiger charge is 2.33. The Bertz CT molecular complexity index is 1560. The van der Waals surface area contributed by atoms with Gasteiger partial charge in [0.2, 0.25) is 0 Å². The molecule has 1 aliphatic heterocycles. The second-order valence-corrected chi connectivity index (χ2v) is 10.7. The predicted octanol–water partition coefficient (Wildman–Crippen LogP) is 4.69. The van der Waals surface area contributed by atoms with Gasteiger partial charge in [-0.25, -0.2) is 9.79 Å². The van der Waals surface area contributed by atoms with Gasteiger partial charge in [-0.3, -0.25) is 9.36 Å². The Hall–Kier alpha value is -2.40. The third-order valence-corrected chi connectivity index (χ3v) is 7.70. The van der Waals surface area contributed by atoms with Crippen LogP contribution in [-0.2, 0) is 9.53 Å². The number of fused-ring (bicyclic) bond motifs is 1. The molecule has 0 unspecified atom stereocenters. The van der Waals surface area contributed by atoms with E-state index in [-0.39, 0.29) is 28.5 Å². The van der Waals surface area contributed by atoms with Crippen LogP contribution < -0.4 is 19.6 Å². The molecule has 11 heteroatoms. The van der Waals surface area contributed by atoms with Crippen LogP contribution in [0.3, 0.4) is 0 Å². The normalized spacial score (nSPS) is 15.6. The summed E-state index contributed by atoms with van der Waals surface area (Å²) in [6, 6.07) is 7.81. The SMILES string of the molecule is CCOC(=O)C1=C(C)N=c2s/c(=C/c3cc(Br)cc(Cl)c3O)c(=O)n2[C@@H]1c1ccc(OC)c(Br)c1. The highest BCUT2D eigenvalue weighted by Crippen LogP contribution is 2.35. The predicted molar refractivity (Wildman–Crippen MR) is 142 cm³/mol. The molecule has 2 aromatic carbocycles. The quantitative estimate of drug-likeness (QED) is 0.408. The smallest absolute Gasteiger partial charge is 0.338 e. The number of ether oxygens (including phenoxy) is 2. The summed E-state index contributed by atoms with van der Waals surface area (Å²) in [5, 5.41) is 10.6. The molecule has 35 heavy (non-hydrogen) atoms. The lowest BCUT2D eigenvalue weighted by atomic mass is 9.96. The second-order valence-electron chi connectivity index (χ2n) is 7.52. The highest BCUT2D eigenvalue weighted by atomic mass is 79.9. The zero-order chi connectivity index (χ0) is 25.4. The van der Waals surface area contributed by atoms with E-state index in [9.17, 15) is 14.7 Å². The molecule has 0 radical (unpaired) electrons. The number of rotatable bonds is 5. The maximum atomic E-state index is 13.7. The van der Waals surface area contributed by atoms with Gasteiger partial charge in [0.25, 0.3) is 5.56 Å². The Morgan fingerprint density at radius 2 is 2.06 bits per heavy atom. The van der Waals surface area contributed by atoms with Gasteiger partial charge in [-0.05, 0) is 65.7 Å². The van der Waals surface area contributed by atoms with Crippen LogP contribution in [0.2, 0.25) is 5.02 Å². The van der Waals surface area contributed by atoms with Crippen molar-refractivity contribution in [1.82, 2.24) is 4.57 Å². The molecule has 1 aliphatic rings. The minimum atomic E-state index is -0.769. The molecule has 0 saturated carbocycles. The average molecular weight is 643 g/mol. The van der Waals surface area contributed by atoms with Crippen molar-refractivity contribution >= 4 is 66.8 Å². The molecule has 0 amide bonds. The number of benzene rings is 2. The van der Waals surface area contributed by atoms with Gasteiger partial charge in [0.05, 0.1) is 45.1 Å². The largest absolute Gasteiger partial charge is 0.506 e. The molecule has 0 bridgehead atoms. The number of methoxy groups -OCH3 is 1. The van der Waals surface area contributed by atoms with E-state index in [1.54, 1.807) is 57.4 Å². The van der Waals surface area contributed by atoms with Gasteiger partial charge in [-0.15, -0.1) is 0 Å². The topological polar surface area (TPSA) is 90.1 Å². The van der Waals surface area contributed by atoms with Crippen LogP contribution in [0.4, 0.5) is 0 Å². The van der Waals surface area contributed by atoms with Gasteiger partial charge in [0.15, 0.2) is 4.80 Å². The number of phenols is 1. The van der Waals surface area contributed by atoms with E-state index in [4.69, 9.17) is 21.1 Å². The van der Waals surface area contributed by atoms with Gasteiger partial charge in [0, 0.05) is 10.0 Å². The summed E-state index contributed by atoms with van der Waals surface area (Å²) in [4.78, 5) is 31.6. The van der Waals surface area contributed by atoms with Crippen LogP contribution in [0.25, 0.3) is 6.08 Å². The first-order chi connectivity index (χ1) is 16.7. The lowest BCUT2D eigenvalue weighted by molar-refractivity contribution is -0.139. The van der Waals surface area contributed by atoms with E-state index in [0.29, 0.717) is 40.9 Å². The van der Waals surface area contributed by atoms with Crippen molar-refractivity contribution in [2.24, 2.45) is 4.99 Å². The van der Waals surface area contributed by atoms with E-state index >= 15 is 0 Å². The summed E-state index contributed by atoms with van der Waals surface area (Å²) in [6.45, 7) is 3.62. The van der Waals surface area contributed by atoms with Crippen molar-refractivity contribution in [2.45, 2.75) is 19.9 Å². The zero-order valence-corrected chi connectivity index (χ0v) is 23.5. The molecule has 0 saturated heterocycles. The second kappa shape index (κ2) is 10.3. The molecule has 0 aliphatic carbocycles. The van der Waals surface area contributed by atoms with Crippen LogP contribution in [0.5, 0.6) is 11.5 Å².